The van der Waals surface area contributed by atoms with Gasteiger partial charge in [0.2, 0.25) is 0 Å². The highest BCUT2D eigenvalue weighted by atomic mass is 32.1. The number of carbonyl (C=O) groups is 1. The van der Waals surface area contributed by atoms with Crippen molar-refractivity contribution in [1.29, 1.82) is 0 Å². The molecule has 0 aliphatic rings. The van der Waals surface area contributed by atoms with Crippen LogP contribution in [0.1, 0.15) is 35.3 Å². The largest absolute Gasteiger partial charge is 0.491 e. The fourth-order valence-corrected chi connectivity index (χ4v) is 4.21. The lowest BCUT2D eigenvalue weighted by molar-refractivity contribution is 0.0985. The van der Waals surface area contributed by atoms with Gasteiger partial charge in [-0.3, -0.25) is 9.69 Å². The Morgan fingerprint density at radius 1 is 1.10 bits per heavy atom. The number of aromatic nitrogens is 1. The highest BCUT2D eigenvalue weighted by Gasteiger charge is 2.22. The van der Waals surface area contributed by atoms with Gasteiger partial charge in [0.1, 0.15) is 5.75 Å². The zero-order valence-electron chi connectivity index (χ0n) is 18.0. The minimum atomic E-state index is -0.0450. The number of aryl methyl sites for hydroxylation is 2. The van der Waals surface area contributed by atoms with Crippen LogP contribution in [-0.4, -0.2) is 49.1 Å². The van der Waals surface area contributed by atoms with Crippen LogP contribution in [-0.2, 0) is 0 Å². The average Bonchev–Trinajstić information content (AvgIpc) is 3.05. The second-order valence-electron chi connectivity index (χ2n) is 7.88. The first-order chi connectivity index (χ1) is 13.7. The van der Waals surface area contributed by atoms with Crippen molar-refractivity contribution >= 4 is 32.6 Å². The van der Waals surface area contributed by atoms with Gasteiger partial charge >= 0.3 is 0 Å². The average molecular weight is 412 g/mol. The summed E-state index contributed by atoms with van der Waals surface area (Å²) >= 11 is 1.58. The maximum Gasteiger partial charge on any atom is 0.260 e. The van der Waals surface area contributed by atoms with Crippen LogP contribution in [0.2, 0.25) is 0 Å². The quantitative estimate of drug-likeness (QED) is 0.554. The number of benzene rings is 2. The van der Waals surface area contributed by atoms with Crippen LogP contribution in [0.25, 0.3) is 10.2 Å². The van der Waals surface area contributed by atoms with Crippen LogP contribution in [0, 0.1) is 13.8 Å². The van der Waals surface area contributed by atoms with E-state index in [0.29, 0.717) is 12.1 Å². The van der Waals surface area contributed by atoms with E-state index in [-0.39, 0.29) is 12.0 Å². The van der Waals surface area contributed by atoms with Crippen LogP contribution in [0.5, 0.6) is 5.75 Å². The Bertz CT molecular complexity index is 993. The second kappa shape index (κ2) is 8.93. The van der Waals surface area contributed by atoms with E-state index in [1.54, 1.807) is 16.2 Å². The lowest BCUT2D eigenvalue weighted by Crippen LogP contribution is -2.36. The number of amides is 1. The molecule has 0 saturated heterocycles. The summed E-state index contributed by atoms with van der Waals surface area (Å²) in [5, 5.41) is 0.739. The molecule has 0 N–H and O–H groups in total. The zero-order valence-corrected chi connectivity index (χ0v) is 18.8. The summed E-state index contributed by atoms with van der Waals surface area (Å²) in [6.07, 6.45) is 0.0996. The van der Waals surface area contributed by atoms with Gasteiger partial charge in [-0.15, -0.1) is 0 Å². The van der Waals surface area contributed by atoms with Gasteiger partial charge in [0, 0.05) is 18.7 Å². The molecule has 2 aromatic carbocycles. The highest BCUT2D eigenvalue weighted by Crippen LogP contribution is 2.33. The summed E-state index contributed by atoms with van der Waals surface area (Å²) in [6.45, 7) is 9.47. The molecule has 0 unspecified atom stereocenters. The van der Waals surface area contributed by atoms with Gasteiger partial charge in [0.25, 0.3) is 5.91 Å². The molecule has 6 heteroatoms. The number of anilines is 1. The van der Waals surface area contributed by atoms with Gasteiger partial charge < -0.3 is 9.64 Å². The van der Waals surface area contributed by atoms with E-state index in [4.69, 9.17) is 9.72 Å². The Morgan fingerprint density at radius 2 is 1.79 bits per heavy atom. The Hall–Kier alpha value is -2.44. The molecule has 0 aliphatic carbocycles. The van der Waals surface area contributed by atoms with Gasteiger partial charge in [0.15, 0.2) is 5.13 Å². The van der Waals surface area contributed by atoms with E-state index >= 15 is 0 Å². The molecule has 5 nitrogen and oxygen atoms in total. The van der Waals surface area contributed by atoms with Crippen LogP contribution >= 0.6 is 11.3 Å². The molecule has 3 aromatic rings. The van der Waals surface area contributed by atoms with E-state index in [1.807, 2.05) is 52.2 Å². The molecule has 1 heterocycles. The van der Waals surface area contributed by atoms with Crippen molar-refractivity contribution in [3.8, 4) is 5.75 Å². The van der Waals surface area contributed by atoms with Crippen LogP contribution in [0.15, 0.2) is 36.4 Å². The molecule has 0 saturated carbocycles. The minimum Gasteiger partial charge on any atom is -0.491 e. The molecule has 0 spiro atoms. The zero-order chi connectivity index (χ0) is 21.1. The minimum absolute atomic E-state index is 0.0450. The first kappa shape index (κ1) is 21.3. The van der Waals surface area contributed by atoms with Crippen molar-refractivity contribution in [3.05, 3.63) is 53.1 Å². The first-order valence-electron chi connectivity index (χ1n) is 9.85. The second-order valence-corrected chi connectivity index (χ2v) is 8.86. The smallest absolute Gasteiger partial charge is 0.260 e. The van der Waals surface area contributed by atoms with Crippen LogP contribution < -0.4 is 9.64 Å². The summed E-state index contributed by atoms with van der Waals surface area (Å²) in [4.78, 5) is 22.0. The molecule has 29 heavy (non-hydrogen) atoms. The number of likely N-dealkylation sites (N-methyl/N-ethyl adjacent to an activating group) is 1. The van der Waals surface area contributed by atoms with Crippen molar-refractivity contribution < 1.29 is 9.53 Å². The molecule has 0 atom stereocenters. The van der Waals surface area contributed by atoms with E-state index in [1.165, 1.54) is 11.1 Å². The molecule has 0 bridgehead atoms. The monoisotopic (exact) mass is 411 g/mol. The Morgan fingerprint density at radius 3 is 2.41 bits per heavy atom. The Labute approximate surface area is 176 Å². The standard InChI is InChI=1S/C23H29N3O2S/c1-15(2)28-19-9-7-18(8-10-19)22(27)26(12-11-25(5)6)23-24-20-14-16(3)13-17(4)21(20)29-23/h7-10,13-15H,11-12H2,1-6H3. The molecule has 0 aliphatic heterocycles. The summed E-state index contributed by atoms with van der Waals surface area (Å²) < 4.78 is 6.83. The predicted molar refractivity (Wildman–Crippen MR) is 122 cm³/mol. The number of hydrogen-bond acceptors (Lipinski definition) is 5. The summed E-state index contributed by atoms with van der Waals surface area (Å²) in [6, 6.07) is 11.6. The van der Waals surface area contributed by atoms with E-state index in [0.717, 1.165) is 27.6 Å². The molecule has 0 fully saturated rings. The highest BCUT2D eigenvalue weighted by molar-refractivity contribution is 7.22. The number of ether oxygens (including phenoxy) is 1. The van der Waals surface area contributed by atoms with Gasteiger partial charge in [-0.05, 0) is 83.2 Å². The van der Waals surface area contributed by atoms with Gasteiger partial charge in [0.05, 0.1) is 16.3 Å². The maximum absolute atomic E-state index is 13.4. The number of rotatable bonds is 7. The third-order valence-corrected chi connectivity index (χ3v) is 5.76. The van der Waals surface area contributed by atoms with E-state index < -0.39 is 0 Å². The lowest BCUT2D eigenvalue weighted by Gasteiger charge is -2.22. The molecule has 0 radical (unpaired) electrons. The molecule has 1 aromatic heterocycles. The van der Waals surface area contributed by atoms with E-state index in [9.17, 15) is 4.79 Å². The first-order valence-corrected chi connectivity index (χ1v) is 10.7. The third kappa shape index (κ3) is 5.14. The number of hydrogen-bond donors (Lipinski definition) is 0. The maximum atomic E-state index is 13.4. The van der Waals surface area contributed by atoms with Crippen molar-refractivity contribution in [2.75, 3.05) is 32.1 Å². The van der Waals surface area contributed by atoms with Crippen LogP contribution in [0.3, 0.4) is 0 Å². The van der Waals surface area contributed by atoms with E-state index in [2.05, 4.69) is 30.9 Å². The normalized spacial score (nSPS) is 11.4. The number of fused-ring (bicyclic) bond motifs is 1. The molecule has 1 amide bonds. The molecular formula is C23H29N3O2S. The number of nitrogens with zero attached hydrogens (tertiary/aromatic N) is 3. The number of carbonyl (C=O) groups excluding carboxylic acids is 1. The summed E-state index contributed by atoms with van der Waals surface area (Å²) in [5.74, 6) is 0.721. The molecule has 3 rings (SSSR count). The Kier molecular flexibility index (Phi) is 6.55. The third-order valence-electron chi connectivity index (χ3n) is 4.53. The van der Waals surface area contributed by atoms with Crippen molar-refractivity contribution in [3.63, 3.8) is 0 Å². The van der Waals surface area contributed by atoms with Crippen LogP contribution in [0.4, 0.5) is 5.13 Å². The van der Waals surface area contributed by atoms with Gasteiger partial charge in [-0.1, -0.05) is 17.4 Å². The van der Waals surface area contributed by atoms with Gasteiger partial charge in [-0.25, -0.2) is 4.98 Å². The number of thiazole rings is 1. The topological polar surface area (TPSA) is 45.7 Å². The molecule has 154 valence electrons. The lowest BCUT2D eigenvalue weighted by atomic mass is 10.1. The summed E-state index contributed by atoms with van der Waals surface area (Å²) in [5.41, 5.74) is 3.95. The van der Waals surface area contributed by atoms with Crippen molar-refractivity contribution in [2.24, 2.45) is 0 Å². The summed E-state index contributed by atoms with van der Waals surface area (Å²) in [7, 11) is 4.01. The molecular weight excluding hydrogens is 382 g/mol. The van der Waals surface area contributed by atoms with Crippen molar-refractivity contribution in [2.45, 2.75) is 33.8 Å². The van der Waals surface area contributed by atoms with Gasteiger partial charge in [-0.2, -0.15) is 0 Å². The SMILES string of the molecule is Cc1cc(C)c2sc(N(CCN(C)C)C(=O)c3ccc(OC(C)C)cc3)nc2c1. The Balaban J connectivity index is 1.94. The fraction of sp³-hybridized carbons (Fsp3) is 0.391. The van der Waals surface area contributed by atoms with Crippen molar-refractivity contribution in [1.82, 2.24) is 9.88 Å². The predicted octanol–water partition coefficient (Wildman–Crippen LogP) is 4.91. The fourth-order valence-electron chi connectivity index (χ4n) is 3.17.